The number of nitrogens with zero attached hydrogens (tertiary/aromatic N) is 5. The standard InChI is InChI=1S/C17H20ClN5O3S/c1-21(2)16-8-7-15(19-20-16)17(24)22-9-11-23(12-10-22)27(25,26)14-5-3-13(18)4-6-14/h3-8H,9-12H2,1-2H3. The second kappa shape index (κ2) is 7.79. The van der Waals surface area contributed by atoms with E-state index < -0.39 is 10.0 Å². The zero-order valence-electron chi connectivity index (χ0n) is 15.0. The Kier molecular flexibility index (Phi) is 5.64. The monoisotopic (exact) mass is 409 g/mol. The van der Waals surface area contributed by atoms with Crippen LogP contribution in [0.2, 0.25) is 5.02 Å². The van der Waals surface area contributed by atoms with Crippen LogP contribution in [0.15, 0.2) is 41.3 Å². The van der Waals surface area contributed by atoms with Gasteiger partial charge in [0.05, 0.1) is 4.90 Å². The van der Waals surface area contributed by atoms with E-state index in [4.69, 9.17) is 11.6 Å². The Labute approximate surface area is 163 Å². The molecule has 2 heterocycles. The lowest BCUT2D eigenvalue weighted by Gasteiger charge is -2.33. The quantitative estimate of drug-likeness (QED) is 0.757. The average molecular weight is 410 g/mol. The van der Waals surface area contributed by atoms with Gasteiger partial charge in [0.25, 0.3) is 5.91 Å². The number of carbonyl (C=O) groups excluding carboxylic acids is 1. The molecule has 27 heavy (non-hydrogen) atoms. The first-order chi connectivity index (χ1) is 12.8. The predicted octanol–water partition coefficient (Wildman–Crippen LogP) is 1.34. The first-order valence-corrected chi connectivity index (χ1v) is 10.2. The smallest absolute Gasteiger partial charge is 0.274 e. The van der Waals surface area contributed by atoms with Crippen molar-refractivity contribution in [3.05, 3.63) is 47.1 Å². The number of halogens is 1. The Balaban J connectivity index is 1.66. The maximum Gasteiger partial charge on any atom is 0.274 e. The van der Waals surface area contributed by atoms with Gasteiger partial charge in [-0.2, -0.15) is 4.31 Å². The molecule has 0 atom stereocenters. The van der Waals surface area contributed by atoms with Gasteiger partial charge in [-0.1, -0.05) is 11.6 Å². The molecule has 144 valence electrons. The fourth-order valence-electron chi connectivity index (χ4n) is 2.73. The summed E-state index contributed by atoms with van der Waals surface area (Å²) in [6.45, 7) is 1.03. The van der Waals surface area contributed by atoms with Crippen molar-refractivity contribution in [2.75, 3.05) is 45.2 Å². The molecule has 1 aromatic heterocycles. The van der Waals surface area contributed by atoms with Crippen LogP contribution in [0.3, 0.4) is 0 Å². The second-order valence-corrected chi connectivity index (χ2v) is 8.70. The minimum absolute atomic E-state index is 0.191. The number of rotatable bonds is 4. The van der Waals surface area contributed by atoms with Crippen molar-refractivity contribution >= 4 is 33.3 Å². The highest BCUT2D eigenvalue weighted by molar-refractivity contribution is 7.89. The number of sulfonamides is 1. The molecule has 0 N–H and O–H groups in total. The van der Waals surface area contributed by atoms with Gasteiger partial charge in [-0.15, -0.1) is 10.2 Å². The fraction of sp³-hybridized carbons (Fsp3) is 0.353. The summed E-state index contributed by atoms with van der Waals surface area (Å²) in [7, 11) is 0.0738. The van der Waals surface area contributed by atoms with E-state index in [1.54, 1.807) is 34.1 Å². The van der Waals surface area contributed by atoms with E-state index in [1.807, 2.05) is 14.1 Å². The maximum absolute atomic E-state index is 12.7. The molecule has 0 saturated carbocycles. The molecule has 1 fully saturated rings. The van der Waals surface area contributed by atoms with Gasteiger partial charge in [0.15, 0.2) is 11.5 Å². The highest BCUT2D eigenvalue weighted by atomic mass is 35.5. The molecule has 1 aromatic carbocycles. The summed E-state index contributed by atoms with van der Waals surface area (Å²) >= 11 is 5.82. The van der Waals surface area contributed by atoms with Gasteiger partial charge in [-0.3, -0.25) is 4.79 Å². The van der Waals surface area contributed by atoms with Crippen LogP contribution >= 0.6 is 11.6 Å². The van der Waals surface area contributed by atoms with E-state index >= 15 is 0 Å². The largest absolute Gasteiger partial charge is 0.361 e. The third kappa shape index (κ3) is 4.20. The van der Waals surface area contributed by atoms with Crippen molar-refractivity contribution in [2.24, 2.45) is 0 Å². The van der Waals surface area contributed by atoms with Crippen LogP contribution in [0.4, 0.5) is 5.82 Å². The third-order valence-corrected chi connectivity index (χ3v) is 6.47. The van der Waals surface area contributed by atoms with Crippen LogP contribution < -0.4 is 4.90 Å². The van der Waals surface area contributed by atoms with E-state index in [0.29, 0.717) is 23.9 Å². The molecular formula is C17H20ClN5O3S. The molecule has 1 aliphatic heterocycles. The number of carbonyl (C=O) groups is 1. The minimum Gasteiger partial charge on any atom is -0.361 e. The molecule has 0 spiro atoms. The molecule has 0 radical (unpaired) electrons. The van der Waals surface area contributed by atoms with Gasteiger partial charge in [0, 0.05) is 45.3 Å². The summed E-state index contributed by atoms with van der Waals surface area (Å²) in [4.78, 5) is 16.1. The van der Waals surface area contributed by atoms with Gasteiger partial charge in [0.2, 0.25) is 10.0 Å². The molecule has 3 rings (SSSR count). The van der Waals surface area contributed by atoms with Crippen LogP contribution in [-0.2, 0) is 10.0 Å². The summed E-state index contributed by atoms with van der Waals surface area (Å²) in [5.74, 6) is 0.404. The van der Waals surface area contributed by atoms with E-state index in [2.05, 4.69) is 10.2 Å². The molecule has 10 heteroatoms. The van der Waals surface area contributed by atoms with Crippen LogP contribution in [0.5, 0.6) is 0 Å². The summed E-state index contributed by atoms with van der Waals surface area (Å²) in [6, 6.07) is 9.41. The SMILES string of the molecule is CN(C)c1ccc(C(=O)N2CCN(S(=O)(=O)c3ccc(Cl)cc3)CC2)nn1. The van der Waals surface area contributed by atoms with Crippen LogP contribution in [-0.4, -0.2) is 74.0 Å². The van der Waals surface area contributed by atoms with E-state index in [-0.39, 0.29) is 29.6 Å². The first kappa shape index (κ1) is 19.5. The fourth-order valence-corrected chi connectivity index (χ4v) is 4.28. The number of piperazine rings is 1. The zero-order chi connectivity index (χ0) is 19.6. The van der Waals surface area contributed by atoms with Crippen molar-refractivity contribution in [3.8, 4) is 0 Å². The van der Waals surface area contributed by atoms with Crippen molar-refractivity contribution < 1.29 is 13.2 Å². The number of anilines is 1. The Hall–Kier alpha value is -2.23. The molecule has 0 unspecified atom stereocenters. The Morgan fingerprint density at radius 2 is 1.63 bits per heavy atom. The molecule has 1 amide bonds. The Bertz CT molecular complexity index is 909. The van der Waals surface area contributed by atoms with Gasteiger partial charge in [-0.05, 0) is 36.4 Å². The normalized spacial score (nSPS) is 15.6. The minimum atomic E-state index is -3.60. The summed E-state index contributed by atoms with van der Waals surface area (Å²) in [6.07, 6.45) is 0. The van der Waals surface area contributed by atoms with Crippen molar-refractivity contribution in [1.82, 2.24) is 19.4 Å². The Morgan fingerprint density at radius 1 is 1.00 bits per heavy atom. The van der Waals surface area contributed by atoms with Crippen molar-refractivity contribution in [2.45, 2.75) is 4.90 Å². The van der Waals surface area contributed by atoms with Gasteiger partial charge < -0.3 is 9.80 Å². The highest BCUT2D eigenvalue weighted by Crippen LogP contribution is 2.20. The van der Waals surface area contributed by atoms with Crippen molar-refractivity contribution in [1.29, 1.82) is 0 Å². The van der Waals surface area contributed by atoms with Gasteiger partial charge in [0.1, 0.15) is 0 Å². The number of benzene rings is 1. The summed E-state index contributed by atoms with van der Waals surface area (Å²) in [5.41, 5.74) is 0.245. The lowest BCUT2D eigenvalue weighted by Crippen LogP contribution is -2.50. The third-order valence-electron chi connectivity index (χ3n) is 4.31. The van der Waals surface area contributed by atoms with E-state index in [1.165, 1.54) is 16.4 Å². The first-order valence-electron chi connectivity index (χ1n) is 8.35. The van der Waals surface area contributed by atoms with E-state index in [0.717, 1.165) is 0 Å². The molecule has 8 nitrogen and oxygen atoms in total. The molecule has 2 aromatic rings. The molecule has 1 aliphatic rings. The molecular weight excluding hydrogens is 390 g/mol. The predicted molar refractivity (Wildman–Crippen MR) is 102 cm³/mol. The average Bonchev–Trinajstić information content (AvgIpc) is 2.68. The van der Waals surface area contributed by atoms with Gasteiger partial charge in [-0.25, -0.2) is 8.42 Å². The van der Waals surface area contributed by atoms with Crippen LogP contribution in [0.1, 0.15) is 10.5 Å². The zero-order valence-corrected chi connectivity index (χ0v) is 16.6. The number of hydrogen-bond donors (Lipinski definition) is 0. The molecule has 0 aliphatic carbocycles. The summed E-state index contributed by atoms with van der Waals surface area (Å²) in [5, 5.41) is 8.46. The maximum atomic E-state index is 12.7. The van der Waals surface area contributed by atoms with Crippen LogP contribution in [0.25, 0.3) is 0 Å². The molecule has 0 bridgehead atoms. The number of hydrogen-bond acceptors (Lipinski definition) is 6. The highest BCUT2D eigenvalue weighted by Gasteiger charge is 2.30. The lowest BCUT2D eigenvalue weighted by atomic mass is 10.3. The number of aromatic nitrogens is 2. The Morgan fingerprint density at radius 3 is 2.15 bits per heavy atom. The van der Waals surface area contributed by atoms with Crippen molar-refractivity contribution in [3.63, 3.8) is 0 Å². The van der Waals surface area contributed by atoms with Gasteiger partial charge >= 0.3 is 0 Å². The topological polar surface area (TPSA) is 86.7 Å². The summed E-state index contributed by atoms with van der Waals surface area (Å²) < 4.78 is 26.8. The van der Waals surface area contributed by atoms with E-state index in [9.17, 15) is 13.2 Å². The molecule has 1 saturated heterocycles. The lowest BCUT2D eigenvalue weighted by molar-refractivity contribution is 0.0691. The number of amides is 1. The van der Waals surface area contributed by atoms with Crippen LogP contribution in [0, 0.1) is 0 Å². The second-order valence-electron chi connectivity index (χ2n) is 6.32.